The molecule has 1 unspecified atom stereocenters. The van der Waals surface area contributed by atoms with Crippen LogP contribution >= 0.6 is 23.4 Å². The fraction of sp³-hybridized carbons (Fsp3) is 0.500. The summed E-state index contributed by atoms with van der Waals surface area (Å²) < 4.78 is 5.63. The Morgan fingerprint density at radius 3 is 2.76 bits per heavy atom. The maximum absolute atomic E-state index is 13.0. The first-order valence-electron chi connectivity index (χ1n) is 13.0. The summed E-state index contributed by atoms with van der Waals surface area (Å²) >= 11 is 8.19. The summed E-state index contributed by atoms with van der Waals surface area (Å²) in [5.41, 5.74) is 13.3. The minimum Gasteiger partial charge on any atom is -0.494 e. The average Bonchev–Trinajstić information content (AvgIpc) is 3.26. The summed E-state index contributed by atoms with van der Waals surface area (Å²) in [5.74, 6) is 0.809. The summed E-state index contributed by atoms with van der Waals surface area (Å²) in [6, 6.07) is 5.66. The van der Waals surface area contributed by atoms with E-state index < -0.39 is 0 Å². The molecule has 6 rings (SSSR count). The van der Waals surface area contributed by atoms with Crippen LogP contribution in [0.1, 0.15) is 32.1 Å². The van der Waals surface area contributed by atoms with Gasteiger partial charge in [0.1, 0.15) is 17.0 Å². The van der Waals surface area contributed by atoms with Crippen molar-refractivity contribution in [3.05, 3.63) is 41.4 Å². The standard InChI is InChI=1S/C26H32ClN7O3S/c27-23-16(34-20-6-1-2-9-33(20)21(35)12-22(34)36)4-3-5-17(23)38-25-24(29)31-19(13-30-25)32-10-7-26(8-11-32)15-37-14-18(26)28/h3-5,12-13,18,20,35H,1-2,6-11,14-15,28H2,(H2,29,31)/t18?,20-/m1/s1. The molecule has 4 aliphatic heterocycles. The van der Waals surface area contributed by atoms with E-state index >= 15 is 0 Å². The van der Waals surface area contributed by atoms with Gasteiger partial charge in [0, 0.05) is 36.0 Å². The van der Waals surface area contributed by atoms with E-state index in [1.807, 2.05) is 23.1 Å². The van der Waals surface area contributed by atoms with Crippen LogP contribution in [0, 0.1) is 5.41 Å². The van der Waals surface area contributed by atoms with Crippen molar-refractivity contribution >= 4 is 46.6 Å². The number of aliphatic hydroxyl groups excluding tert-OH is 1. The number of rotatable bonds is 4. The second-order valence-corrected chi connectivity index (χ2v) is 11.9. The Morgan fingerprint density at radius 1 is 1.21 bits per heavy atom. The summed E-state index contributed by atoms with van der Waals surface area (Å²) in [6.45, 7) is 3.71. The molecule has 1 amide bonds. The minimum absolute atomic E-state index is 0.0176. The number of nitrogens with two attached hydrogens (primary N) is 2. The average molecular weight is 558 g/mol. The number of aromatic nitrogens is 2. The van der Waals surface area contributed by atoms with Crippen molar-refractivity contribution in [2.75, 3.05) is 48.4 Å². The van der Waals surface area contributed by atoms with E-state index in [1.165, 1.54) is 17.8 Å². The number of ether oxygens (including phenoxy) is 1. The van der Waals surface area contributed by atoms with Crippen molar-refractivity contribution < 1.29 is 14.6 Å². The van der Waals surface area contributed by atoms with Crippen molar-refractivity contribution in [1.82, 2.24) is 14.9 Å². The maximum Gasteiger partial charge on any atom is 0.258 e. The number of hydrogen-bond acceptors (Lipinski definition) is 10. The number of fused-ring (bicyclic) bond motifs is 1. The highest BCUT2D eigenvalue weighted by molar-refractivity contribution is 7.99. The molecular weight excluding hydrogens is 526 g/mol. The summed E-state index contributed by atoms with van der Waals surface area (Å²) in [7, 11) is 0. The molecule has 10 nitrogen and oxygen atoms in total. The number of anilines is 3. The van der Waals surface area contributed by atoms with Gasteiger partial charge >= 0.3 is 0 Å². The number of benzene rings is 1. The molecule has 0 radical (unpaired) electrons. The molecule has 0 bridgehead atoms. The van der Waals surface area contributed by atoms with Crippen molar-refractivity contribution in [3.63, 3.8) is 0 Å². The molecular formula is C26H32ClN7O3S. The molecule has 1 aromatic heterocycles. The number of halogens is 1. The molecule has 0 aliphatic carbocycles. The highest BCUT2D eigenvalue weighted by Gasteiger charge is 2.44. The first-order chi connectivity index (χ1) is 18.4. The Bertz CT molecular complexity index is 1270. The molecule has 5 heterocycles. The third-order valence-corrected chi connectivity index (χ3v) is 9.85. The van der Waals surface area contributed by atoms with Crippen LogP contribution < -0.4 is 21.3 Å². The van der Waals surface area contributed by atoms with Gasteiger partial charge in [-0.15, -0.1) is 0 Å². The van der Waals surface area contributed by atoms with Gasteiger partial charge in [-0.3, -0.25) is 9.69 Å². The van der Waals surface area contributed by atoms with Crippen LogP contribution in [0.2, 0.25) is 5.02 Å². The van der Waals surface area contributed by atoms with Crippen LogP contribution in [-0.4, -0.2) is 70.9 Å². The van der Waals surface area contributed by atoms with Crippen LogP contribution in [0.4, 0.5) is 17.3 Å². The van der Waals surface area contributed by atoms with Gasteiger partial charge in [0.05, 0.1) is 36.2 Å². The number of nitrogen functional groups attached to an aromatic ring is 1. The topological polar surface area (TPSA) is 134 Å². The summed E-state index contributed by atoms with van der Waals surface area (Å²) in [5, 5.41) is 11.3. The second kappa shape index (κ2) is 10.1. The van der Waals surface area contributed by atoms with E-state index in [2.05, 4.69) is 14.9 Å². The molecule has 4 aliphatic rings. The Labute approximate surface area is 231 Å². The van der Waals surface area contributed by atoms with Crippen molar-refractivity contribution in [2.45, 2.75) is 54.2 Å². The van der Waals surface area contributed by atoms with Gasteiger partial charge in [-0.05, 0) is 44.2 Å². The lowest BCUT2D eigenvalue weighted by molar-refractivity contribution is -0.117. The zero-order valence-corrected chi connectivity index (χ0v) is 22.6. The molecule has 1 aromatic carbocycles. The Hall–Kier alpha value is -2.73. The highest BCUT2D eigenvalue weighted by atomic mass is 35.5. The monoisotopic (exact) mass is 557 g/mol. The first-order valence-corrected chi connectivity index (χ1v) is 14.2. The van der Waals surface area contributed by atoms with Crippen LogP contribution in [-0.2, 0) is 9.53 Å². The lowest BCUT2D eigenvalue weighted by Gasteiger charge is -2.45. The molecule has 2 aromatic rings. The fourth-order valence-corrected chi connectivity index (χ4v) is 7.13. The number of carbonyl (C=O) groups excluding carboxylic acids is 1. The molecule has 1 spiro atoms. The molecule has 3 fully saturated rings. The Kier molecular flexibility index (Phi) is 6.79. The smallest absolute Gasteiger partial charge is 0.258 e. The minimum atomic E-state index is -0.285. The SMILES string of the molecule is Nc1nc(N2CCC3(CC2)COCC3N)cnc1Sc1cccc(N2C(=O)C=C(O)N3CCCC[C@H]32)c1Cl. The fourth-order valence-electron chi connectivity index (χ4n) is 5.99. The normalized spacial score (nSPS) is 25.1. The molecule has 38 heavy (non-hydrogen) atoms. The maximum atomic E-state index is 13.0. The van der Waals surface area contributed by atoms with Gasteiger partial charge in [0.25, 0.3) is 5.91 Å². The van der Waals surface area contributed by atoms with E-state index in [1.54, 1.807) is 11.1 Å². The van der Waals surface area contributed by atoms with Gasteiger partial charge in [0.15, 0.2) is 11.7 Å². The zero-order valence-electron chi connectivity index (χ0n) is 21.1. The largest absolute Gasteiger partial charge is 0.494 e. The number of nitrogens with zero attached hydrogens (tertiary/aromatic N) is 5. The molecule has 5 N–H and O–H groups in total. The van der Waals surface area contributed by atoms with Gasteiger partial charge in [-0.25, -0.2) is 9.97 Å². The second-order valence-electron chi connectivity index (χ2n) is 10.5. The summed E-state index contributed by atoms with van der Waals surface area (Å²) in [4.78, 5) is 28.7. The van der Waals surface area contributed by atoms with E-state index in [4.69, 9.17) is 27.8 Å². The lowest BCUT2D eigenvalue weighted by Crippen LogP contribution is -2.55. The number of amides is 1. The molecule has 2 atom stereocenters. The Morgan fingerprint density at radius 2 is 2.03 bits per heavy atom. The third-order valence-electron chi connectivity index (χ3n) is 8.27. The van der Waals surface area contributed by atoms with Crippen LogP contribution in [0.5, 0.6) is 0 Å². The Balaban J connectivity index is 1.20. The van der Waals surface area contributed by atoms with Crippen molar-refractivity contribution in [3.8, 4) is 0 Å². The molecule has 0 saturated carbocycles. The highest BCUT2D eigenvalue weighted by Crippen LogP contribution is 2.43. The van der Waals surface area contributed by atoms with E-state index in [-0.39, 0.29) is 29.4 Å². The van der Waals surface area contributed by atoms with Gasteiger partial charge in [0.2, 0.25) is 0 Å². The molecule has 3 saturated heterocycles. The number of aliphatic hydroxyl groups is 1. The number of carbonyl (C=O) groups is 1. The van der Waals surface area contributed by atoms with E-state index in [0.29, 0.717) is 34.7 Å². The predicted molar refractivity (Wildman–Crippen MR) is 147 cm³/mol. The van der Waals surface area contributed by atoms with Crippen LogP contribution in [0.15, 0.2) is 46.3 Å². The van der Waals surface area contributed by atoms with Crippen molar-refractivity contribution in [1.29, 1.82) is 0 Å². The van der Waals surface area contributed by atoms with Crippen LogP contribution in [0.3, 0.4) is 0 Å². The van der Waals surface area contributed by atoms with Gasteiger partial charge in [-0.2, -0.15) is 0 Å². The van der Waals surface area contributed by atoms with E-state index in [9.17, 15) is 9.90 Å². The quantitative estimate of drug-likeness (QED) is 0.513. The molecule has 12 heteroatoms. The van der Waals surface area contributed by atoms with Gasteiger partial charge < -0.3 is 31.1 Å². The zero-order chi connectivity index (χ0) is 26.4. The van der Waals surface area contributed by atoms with E-state index in [0.717, 1.165) is 62.5 Å². The lowest BCUT2D eigenvalue weighted by atomic mass is 9.75. The third kappa shape index (κ3) is 4.45. The number of piperidine rings is 2. The van der Waals surface area contributed by atoms with Gasteiger partial charge in [-0.1, -0.05) is 29.4 Å². The predicted octanol–water partition coefficient (Wildman–Crippen LogP) is 3.37. The van der Waals surface area contributed by atoms with Crippen molar-refractivity contribution in [2.24, 2.45) is 11.1 Å². The number of hydrogen-bond donors (Lipinski definition) is 3. The van der Waals surface area contributed by atoms with Crippen LogP contribution in [0.25, 0.3) is 0 Å². The first kappa shape index (κ1) is 25.5. The summed E-state index contributed by atoms with van der Waals surface area (Å²) in [6.07, 6.45) is 7.35. The molecule has 202 valence electrons.